The van der Waals surface area contributed by atoms with Gasteiger partial charge < -0.3 is 15.9 Å². The second-order valence-corrected chi connectivity index (χ2v) is 11.3. The molecule has 3 aromatic rings. The van der Waals surface area contributed by atoms with Crippen molar-refractivity contribution >= 4 is 11.8 Å². The van der Waals surface area contributed by atoms with Crippen molar-refractivity contribution in [1.82, 2.24) is 9.97 Å². The Kier molecular flexibility index (Phi) is 7.88. The lowest BCUT2D eigenvalue weighted by atomic mass is 9.67. The number of aliphatic hydroxyl groups is 1. The lowest BCUT2D eigenvalue weighted by Crippen LogP contribution is -2.54. The van der Waals surface area contributed by atoms with Crippen molar-refractivity contribution in [3.8, 4) is 11.3 Å². The van der Waals surface area contributed by atoms with Gasteiger partial charge in [0.05, 0.1) is 16.6 Å². The van der Waals surface area contributed by atoms with Crippen molar-refractivity contribution < 1.29 is 33.0 Å². The van der Waals surface area contributed by atoms with E-state index in [1.165, 1.54) is 13.8 Å². The fourth-order valence-corrected chi connectivity index (χ4v) is 5.23. The Morgan fingerprint density at radius 2 is 1.75 bits per heavy atom. The van der Waals surface area contributed by atoms with E-state index in [-0.39, 0.29) is 29.5 Å². The highest BCUT2D eigenvalue weighted by molar-refractivity contribution is 5.96. The average Bonchev–Trinajstić information content (AvgIpc) is 2.88. The molecule has 2 aromatic heterocycles. The van der Waals surface area contributed by atoms with Gasteiger partial charge in [0.2, 0.25) is 0 Å². The Balaban J connectivity index is 1.65. The molecule has 0 amide bonds. The van der Waals surface area contributed by atoms with E-state index >= 15 is 8.78 Å². The summed E-state index contributed by atoms with van der Waals surface area (Å²) in [4.78, 5) is 32.9. The van der Waals surface area contributed by atoms with E-state index in [1.54, 1.807) is 25.4 Å². The molecule has 4 rings (SSSR count). The molecule has 0 aliphatic heterocycles. The number of carbonyl (C=O) groups is 2. The van der Waals surface area contributed by atoms with E-state index in [4.69, 9.17) is 5.73 Å². The van der Waals surface area contributed by atoms with Gasteiger partial charge in [0, 0.05) is 24.9 Å². The van der Waals surface area contributed by atoms with Crippen LogP contribution in [0.4, 0.5) is 13.2 Å². The van der Waals surface area contributed by atoms with Crippen LogP contribution in [0.1, 0.15) is 73.6 Å². The van der Waals surface area contributed by atoms with Gasteiger partial charge in [-0.05, 0) is 92.5 Å². The predicted molar refractivity (Wildman–Crippen MR) is 142 cm³/mol. The molecular formula is C30H32F3N3O4. The second-order valence-electron chi connectivity index (χ2n) is 11.3. The largest absolute Gasteiger partial charge is 0.481 e. The topological polar surface area (TPSA) is 126 Å². The molecule has 1 aliphatic rings. The van der Waals surface area contributed by atoms with Gasteiger partial charge in [0.25, 0.3) is 0 Å². The minimum Gasteiger partial charge on any atom is -0.481 e. The number of carbonyl (C=O) groups excluding carboxylic acids is 1. The molecule has 4 atom stereocenters. The van der Waals surface area contributed by atoms with Gasteiger partial charge in [0.15, 0.2) is 5.78 Å². The van der Waals surface area contributed by atoms with Gasteiger partial charge in [-0.3, -0.25) is 14.6 Å². The number of rotatable bonds is 7. The predicted octanol–water partition coefficient (Wildman–Crippen LogP) is 4.94. The van der Waals surface area contributed by atoms with E-state index in [0.717, 1.165) is 29.8 Å². The second kappa shape index (κ2) is 10.7. The molecular weight excluding hydrogens is 523 g/mol. The number of carboxylic acids is 1. The first-order chi connectivity index (χ1) is 18.6. The maximum Gasteiger partial charge on any atom is 0.313 e. The quantitative estimate of drug-likeness (QED) is 0.353. The Morgan fingerprint density at radius 1 is 1.10 bits per heavy atom. The number of pyridine rings is 2. The Bertz CT molecular complexity index is 1440. The third-order valence-corrected chi connectivity index (χ3v) is 8.32. The summed E-state index contributed by atoms with van der Waals surface area (Å²) >= 11 is 0. The van der Waals surface area contributed by atoms with Crippen molar-refractivity contribution in [2.24, 2.45) is 11.7 Å². The summed E-state index contributed by atoms with van der Waals surface area (Å²) in [5, 5.41) is 20.1. The first-order valence-electron chi connectivity index (χ1n) is 13.0. The summed E-state index contributed by atoms with van der Waals surface area (Å²) < 4.78 is 44.9. The summed E-state index contributed by atoms with van der Waals surface area (Å²) in [6.45, 7) is 6.23. The van der Waals surface area contributed by atoms with Crippen LogP contribution in [0, 0.1) is 23.4 Å². The number of hydrogen-bond donors (Lipinski definition) is 3. The van der Waals surface area contributed by atoms with Gasteiger partial charge in [-0.25, -0.2) is 18.2 Å². The maximum absolute atomic E-state index is 15.1. The molecule has 40 heavy (non-hydrogen) atoms. The Hall–Kier alpha value is -3.63. The molecule has 212 valence electrons. The lowest BCUT2D eigenvalue weighted by molar-refractivity contribution is -0.142. The van der Waals surface area contributed by atoms with Crippen molar-refractivity contribution in [2.75, 3.05) is 0 Å². The third-order valence-electron chi connectivity index (χ3n) is 8.32. The number of halogens is 3. The number of ketones is 1. The van der Waals surface area contributed by atoms with Crippen LogP contribution < -0.4 is 5.73 Å². The van der Waals surface area contributed by atoms with E-state index in [0.29, 0.717) is 18.4 Å². The number of carboxylic acid groups (broad SMARTS) is 1. The number of nitrogens with two attached hydrogens (primary N) is 1. The summed E-state index contributed by atoms with van der Waals surface area (Å²) in [5.41, 5.74) is 3.30. The third kappa shape index (κ3) is 5.38. The summed E-state index contributed by atoms with van der Waals surface area (Å²) in [6, 6.07) is 5.06. The Labute approximate surface area is 230 Å². The maximum atomic E-state index is 15.1. The van der Waals surface area contributed by atoms with Crippen molar-refractivity contribution in [3.63, 3.8) is 0 Å². The average molecular weight is 556 g/mol. The van der Waals surface area contributed by atoms with Crippen LogP contribution in [0.3, 0.4) is 0 Å². The van der Waals surface area contributed by atoms with Crippen LogP contribution in [0.25, 0.3) is 11.3 Å². The Morgan fingerprint density at radius 3 is 2.35 bits per heavy atom. The standard InChI is InChI=1S/C30H32F3N3O4/c1-15-9-16(11-25(34)30(15,4)40)19-7-8-35-14-17(19)10-24(37)23-6-5-20(31)27(36-23)26-21(32)12-18(13-22(26)33)29(2,3)28(38)39/h5-8,12-16,25,40H,9-11,34H2,1-4H3,(H,38,39)/t15-,16+,25+,30+/m0/s1. The first kappa shape index (κ1) is 29.4. The molecule has 2 heterocycles. The number of hydrogen-bond acceptors (Lipinski definition) is 6. The van der Waals surface area contributed by atoms with Gasteiger partial charge in [-0.1, -0.05) is 6.92 Å². The molecule has 0 radical (unpaired) electrons. The minimum absolute atomic E-state index is 0.0236. The summed E-state index contributed by atoms with van der Waals surface area (Å²) in [7, 11) is 0. The molecule has 0 bridgehead atoms. The van der Waals surface area contributed by atoms with E-state index in [9.17, 15) is 24.2 Å². The fraction of sp³-hybridized carbons (Fsp3) is 0.400. The van der Waals surface area contributed by atoms with E-state index in [2.05, 4.69) is 9.97 Å². The summed E-state index contributed by atoms with van der Waals surface area (Å²) in [6.07, 6.45) is 4.19. The van der Waals surface area contributed by atoms with Crippen molar-refractivity contribution in [3.05, 3.63) is 82.6 Å². The zero-order valence-electron chi connectivity index (χ0n) is 22.7. The number of Topliss-reactive ketones (excluding diaryl/α,β-unsaturated/α-hetero) is 1. The van der Waals surface area contributed by atoms with Crippen LogP contribution in [-0.2, 0) is 16.6 Å². The fourth-order valence-electron chi connectivity index (χ4n) is 5.23. The smallest absolute Gasteiger partial charge is 0.313 e. The van der Waals surface area contributed by atoms with Crippen LogP contribution >= 0.6 is 0 Å². The van der Waals surface area contributed by atoms with Crippen LogP contribution in [0.2, 0.25) is 0 Å². The normalized spacial score (nSPS) is 23.2. The highest BCUT2D eigenvalue weighted by Gasteiger charge is 2.42. The highest BCUT2D eigenvalue weighted by atomic mass is 19.1. The molecule has 7 nitrogen and oxygen atoms in total. The van der Waals surface area contributed by atoms with E-state index in [1.807, 2.05) is 6.92 Å². The monoisotopic (exact) mass is 555 g/mol. The SMILES string of the molecule is C[C@H]1C[C@@H](c2ccncc2CC(=O)c2ccc(F)c(-c3c(F)cc(C(C)(C)C(=O)O)cc3F)n2)C[C@@H](N)[C@]1(C)O. The lowest BCUT2D eigenvalue weighted by Gasteiger charge is -2.44. The molecule has 1 saturated carbocycles. The van der Waals surface area contributed by atoms with Gasteiger partial charge in [0.1, 0.15) is 28.8 Å². The van der Waals surface area contributed by atoms with Gasteiger partial charge in [-0.2, -0.15) is 0 Å². The van der Waals surface area contributed by atoms with Crippen LogP contribution in [0.5, 0.6) is 0 Å². The van der Waals surface area contributed by atoms with Crippen molar-refractivity contribution in [2.45, 2.75) is 69.9 Å². The summed E-state index contributed by atoms with van der Waals surface area (Å²) in [5.74, 6) is -5.36. The number of benzene rings is 1. The molecule has 4 N–H and O–H groups in total. The zero-order chi connectivity index (χ0) is 29.6. The zero-order valence-corrected chi connectivity index (χ0v) is 22.7. The van der Waals surface area contributed by atoms with Gasteiger partial charge in [-0.15, -0.1) is 0 Å². The molecule has 1 aliphatic carbocycles. The van der Waals surface area contributed by atoms with Crippen LogP contribution in [0.15, 0.2) is 42.7 Å². The minimum atomic E-state index is -1.60. The molecule has 1 aromatic carbocycles. The molecule has 0 spiro atoms. The van der Waals surface area contributed by atoms with Crippen LogP contribution in [-0.4, -0.2) is 43.6 Å². The highest BCUT2D eigenvalue weighted by Crippen LogP contribution is 2.42. The van der Waals surface area contributed by atoms with E-state index < -0.39 is 57.5 Å². The number of aromatic nitrogens is 2. The molecule has 1 fully saturated rings. The van der Waals surface area contributed by atoms with Crippen molar-refractivity contribution in [1.29, 1.82) is 0 Å². The number of nitrogens with zero attached hydrogens (tertiary/aromatic N) is 2. The number of aliphatic carboxylic acids is 1. The first-order valence-corrected chi connectivity index (χ1v) is 13.0. The van der Waals surface area contributed by atoms with Gasteiger partial charge >= 0.3 is 5.97 Å². The molecule has 0 saturated heterocycles. The molecule has 0 unspecified atom stereocenters. The molecule has 10 heteroatoms.